The standard InChI is InChI=1S/C16H19N3OS/c1-10-4-5-14(20-3)13(8-10)15-11(2)19-12(6-7-17)9-21-16(19)18-15/h4-5,8-9H,6-7,17H2,1-3H3. The molecule has 21 heavy (non-hydrogen) atoms. The fraction of sp³-hybridized carbons (Fsp3) is 0.312. The zero-order chi connectivity index (χ0) is 15.0. The average molecular weight is 301 g/mol. The number of hydrogen-bond acceptors (Lipinski definition) is 4. The Kier molecular flexibility index (Phi) is 3.69. The molecule has 0 spiro atoms. The third kappa shape index (κ3) is 2.32. The first kappa shape index (κ1) is 14.1. The van der Waals surface area contributed by atoms with E-state index in [9.17, 15) is 0 Å². The van der Waals surface area contributed by atoms with Gasteiger partial charge in [0.1, 0.15) is 5.75 Å². The highest BCUT2D eigenvalue weighted by Crippen LogP contribution is 2.34. The van der Waals surface area contributed by atoms with Gasteiger partial charge in [-0.05, 0) is 32.5 Å². The van der Waals surface area contributed by atoms with Crippen LogP contribution in [0.25, 0.3) is 16.2 Å². The molecule has 4 nitrogen and oxygen atoms in total. The fourth-order valence-electron chi connectivity index (χ4n) is 2.65. The predicted octanol–water partition coefficient (Wildman–Crippen LogP) is 3.19. The maximum absolute atomic E-state index is 5.70. The van der Waals surface area contributed by atoms with Gasteiger partial charge in [-0.1, -0.05) is 11.6 Å². The minimum absolute atomic E-state index is 0.645. The molecule has 0 fully saturated rings. The quantitative estimate of drug-likeness (QED) is 0.805. The molecule has 0 saturated carbocycles. The van der Waals surface area contributed by atoms with Crippen LogP contribution in [0.3, 0.4) is 0 Å². The lowest BCUT2D eigenvalue weighted by molar-refractivity contribution is 0.416. The van der Waals surface area contributed by atoms with Crippen molar-refractivity contribution in [2.75, 3.05) is 13.7 Å². The number of thiazole rings is 1. The van der Waals surface area contributed by atoms with Gasteiger partial charge in [0, 0.05) is 28.8 Å². The van der Waals surface area contributed by atoms with Gasteiger partial charge in [-0.25, -0.2) is 4.98 Å². The van der Waals surface area contributed by atoms with Gasteiger partial charge in [0.25, 0.3) is 0 Å². The molecule has 0 atom stereocenters. The van der Waals surface area contributed by atoms with Crippen LogP contribution in [-0.2, 0) is 6.42 Å². The summed E-state index contributed by atoms with van der Waals surface area (Å²) in [6, 6.07) is 6.18. The SMILES string of the molecule is COc1ccc(C)cc1-c1nc2scc(CCN)n2c1C. The molecule has 0 bridgehead atoms. The smallest absolute Gasteiger partial charge is 0.194 e. The van der Waals surface area contributed by atoms with E-state index < -0.39 is 0 Å². The van der Waals surface area contributed by atoms with E-state index in [2.05, 4.69) is 35.8 Å². The van der Waals surface area contributed by atoms with E-state index in [0.29, 0.717) is 6.54 Å². The van der Waals surface area contributed by atoms with Crippen LogP contribution < -0.4 is 10.5 Å². The van der Waals surface area contributed by atoms with E-state index in [1.165, 1.54) is 11.3 Å². The van der Waals surface area contributed by atoms with E-state index in [4.69, 9.17) is 15.5 Å². The van der Waals surface area contributed by atoms with E-state index in [0.717, 1.165) is 34.1 Å². The van der Waals surface area contributed by atoms with Crippen molar-refractivity contribution in [1.29, 1.82) is 0 Å². The number of ether oxygens (including phenoxy) is 1. The third-order valence-electron chi connectivity index (χ3n) is 3.68. The minimum atomic E-state index is 0.645. The van der Waals surface area contributed by atoms with Crippen LogP contribution in [0.2, 0.25) is 0 Å². The summed E-state index contributed by atoms with van der Waals surface area (Å²) >= 11 is 1.66. The Labute approximate surface area is 128 Å². The molecule has 0 amide bonds. The van der Waals surface area contributed by atoms with Crippen LogP contribution in [0, 0.1) is 13.8 Å². The molecule has 0 unspecified atom stereocenters. The molecule has 2 aromatic heterocycles. The molecule has 2 N–H and O–H groups in total. The Morgan fingerprint density at radius 3 is 2.86 bits per heavy atom. The van der Waals surface area contributed by atoms with Crippen molar-refractivity contribution in [1.82, 2.24) is 9.38 Å². The number of rotatable bonds is 4. The van der Waals surface area contributed by atoms with Crippen LogP contribution in [0.5, 0.6) is 5.75 Å². The first-order valence-electron chi connectivity index (χ1n) is 6.96. The van der Waals surface area contributed by atoms with Gasteiger partial charge in [-0.15, -0.1) is 11.3 Å². The van der Waals surface area contributed by atoms with E-state index in [1.807, 2.05) is 6.07 Å². The zero-order valence-corrected chi connectivity index (χ0v) is 13.3. The van der Waals surface area contributed by atoms with Gasteiger partial charge >= 0.3 is 0 Å². The first-order chi connectivity index (χ1) is 10.2. The number of aromatic nitrogens is 2. The second kappa shape index (κ2) is 5.50. The van der Waals surface area contributed by atoms with Crippen molar-refractivity contribution in [3.8, 4) is 17.0 Å². The normalized spacial score (nSPS) is 11.2. The van der Waals surface area contributed by atoms with Crippen LogP contribution in [0.4, 0.5) is 0 Å². The molecule has 0 radical (unpaired) electrons. The van der Waals surface area contributed by atoms with Crippen LogP contribution in [0.15, 0.2) is 23.6 Å². The van der Waals surface area contributed by atoms with Crippen molar-refractivity contribution < 1.29 is 4.74 Å². The number of nitrogens with zero attached hydrogens (tertiary/aromatic N) is 2. The number of fused-ring (bicyclic) bond motifs is 1. The zero-order valence-electron chi connectivity index (χ0n) is 12.5. The highest BCUT2D eigenvalue weighted by Gasteiger charge is 2.17. The summed E-state index contributed by atoms with van der Waals surface area (Å²) in [5.41, 5.74) is 11.3. The number of aryl methyl sites for hydroxylation is 2. The summed E-state index contributed by atoms with van der Waals surface area (Å²) < 4.78 is 7.70. The number of methoxy groups -OCH3 is 1. The van der Waals surface area contributed by atoms with Crippen molar-refractivity contribution in [2.45, 2.75) is 20.3 Å². The Hall–Kier alpha value is -1.85. The molecule has 5 heteroatoms. The van der Waals surface area contributed by atoms with E-state index >= 15 is 0 Å². The predicted molar refractivity (Wildman–Crippen MR) is 87.3 cm³/mol. The largest absolute Gasteiger partial charge is 0.496 e. The summed E-state index contributed by atoms with van der Waals surface area (Å²) in [6.45, 7) is 4.83. The van der Waals surface area contributed by atoms with E-state index in [1.54, 1.807) is 18.4 Å². The Bertz CT molecular complexity index is 788. The molecule has 0 aliphatic rings. The van der Waals surface area contributed by atoms with Gasteiger partial charge in [-0.2, -0.15) is 0 Å². The summed E-state index contributed by atoms with van der Waals surface area (Å²) in [6.07, 6.45) is 0.863. The van der Waals surface area contributed by atoms with Crippen molar-refractivity contribution in [3.63, 3.8) is 0 Å². The topological polar surface area (TPSA) is 52.5 Å². The molecule has 1 aromatic carbocycles. The number of hydrogen-bond donors (Lipinski definition) is 1. The number of nitrogens with two attached hydrogens (primary N) is 1. The van der Waals surface area contributed by atoms with Gasteiger partial charge in [0.05, 0.1) is 12.8 Å². The second-order valence-electron chi connectivity index (χ2n) is 5.13. The number of benzene rings is 1. The van der Waals surface area contributed by atoms with Gasteiger partial charge < -0.3 is 10.5 Å². The van der Waals surface area contributed by atoms with Crippen LogP contribution >= 0.6 is 11.3 Å². The van der Waals surface area contributed by atoms with Gasteiger partial charge in [0.2, 0.25) is 0 Å². The molecule has 3 aromatic rings. The average Bonchev–Trinajstić information content (AvgIpc) is 3.01. The highest BCUT2D eigenvalue weighted by molar-refractivity contribution is 7.15. The number of imidazole rings is 1. The van der Waals surface area contributed by atoms with Crippen LogP contribution in [-0.4, -0.2) is 23.0 Å². The molecule has 2 heterocycles. The lowest BCUT2D eigenvalue weighted by atomic mass is 10.1. The van der Waals surface area contributed by atoms with Gasteiger partial charge in [0.15, 0.2) is 4.96 Å². The minimum Gasteiger partial charge on any atom is -0.496 e. The monoisotopic (exact) mass is 301 g/mol. The fourth-order valence-corrected chi connectivity index (χ4v) is 3.62. The van der Waals surface area contributed by atoms with Crippen LogP contribution in [0.1, 0.15) is 17.0 Å². The first-order valence-corrected chi connectivity index (χ1v) is 7.84. The maximum Gasteiger partial charge on any atom is 0.194 e. The van der Waals surface area contributed by atoms with Crippen molar-refractivity contribution in [3.05, 3.63) is 40.5 Å². The summed E-state index contributed by atoms with van der Waals surface area (Å²) in [4.78, 5) is 5.80. The lowest BCUT2D eigenvalue weighted by Gasteiger charge is -2.08. The molecule has 110 valence electrons. The second-order valence-corrected chi connectivity index (χ2v) is 5.97. The molecule has 0 saturated heterocycles. The Morgan fingerprint density at radius 1 is 1.33 bits per heavy atom. The van der Waals surface area contributed by atoms with Gasteiger partial charge in [-0.3, -0.25) is 4.40 Å². The molecule has 0 aliphatic heterocycles. The maximum atomic E-state index is 5.70. The molecule has 3 rings (SSSR count). The summed E-state index contributed by atoms with van der Waals surface area (Å²) in [5, 5.41) is 2.14. The summed E-state index contributed by atoms with van der Waals surface area (Å²) in [5.74, 6) is 0.856. The van der Waals surface area contributed by atoms with Crippen molar-refractivity contribution >= 4 is 16.3 Å². The molecule has 0 aliphatic carbocycles. The summed E-state index contributed by atoms with van der Waals surface area (Å²) in [7, 11) is 1.70. The van der Waals surface area contributed by atoms with Crippen molar-refractivity contribution in [2.24, 2.45) is 5.73 Å². The lowest BCUT2D eigenvalue weighted by Crippen LogP contribution is -2.05. The Morgan fingerprint density at radius 2 is 2.14 bits per heavy atom. The van der Waals surface area contributed by atoms with E-state index in [-0.39, 0.29) is 0 Å². The third-order valence-corrected chi connectivity index (χ3v) is 4.55. The highest BCUT2D eigenvalue weighted by atomic mass is 32.1. The molecular weight excluding hydrogens is 282 g/mol. The molecular formula is C16H19N3OS. The Balaban J connectivity index is 2.21.